The third kappa shape index (κ3) is 14.5. The van der Waals surface area contributed by atoms with Crippen LogP contribution in [0.4, 0.5) is 0 Å². The maximum Gasteiger partial charge on any atom is 3.00 e. The summed E-state index contributed by atoms with van der Waals surface area (Å²) < 4.78 is 0. The molecule has 0 unspecified atom stereocenters. The van der Waals surface area contributed by atoms with Gasteiger partial charge in [-0.3, -0.25) is 0 Å². The molecule has 0 bridgehead atoms. The van der Waals surface area contributed by atoms with Gasteiger partial charge in [0, 0.05) is 24.8 Å². The van der Waals surface area contributed by atoms with Crippen LogP contribution in [0.15, 0.2) is 0 Å². The van der Waals surface area contributed by atoms with Crippen molar-refractivity contribution in [1.29, 1.82) is 0 Å². The third-order valence-electron chi connectivity index (χ3n) is 1.44. The van der Waals surface area contributed by atoms with Gasteiger partial charge in [-0.2, -0.15) is 0 Å². The zero-order chi connectivity index (χ0) is 16.7. The Hall–Kier alpha value is -0.462. The normalized spacial score (nSPS) is 10.0. The number of rotatable bonds is 6. The van der Waals surface area contributed by atoms with Crippen LogP contribution in [0.2, 0.25) is 0 Å². The van der Waals surface area contributed by atoms with Crippen LogP contribution >= 0.6 is 0 Å². The van der Waals surface area contributed by atoms with Crippen LogP contribution in [0.1, 0.15) is 12.8 Å². The predicted molar refractivity (Wildman–Crippen MR) is 49.4 cm³/mol. The first-order chi connectivity index (χ1) is 8.72. The largest absolute Gasteiger partial charge is 3.00 e. The van der Waals surface area contributed by atoms with E-state index < -0.39 is 48.3 Å². The standard InChI is InChI=1S/2C4H6O6.Na.Sb/c2*5-2(6)1-4(9,10)3(7)8;;/h2*9-10H,1H2,(H,5,6)(H,7,8);;/q;;+1;+3/p-4. The molecule has 0 aromatic carbocycles. The van der Waals surface area contributed by atoms with E-state index in [1.165, 1.54) is 0 Å². The molecule has 118 valence electrons. The summed E-state index contributed by atoms with van der Waals surface area (Å²) in [5.74, 6) is -15.0. The van der Waals surface area contributed by atoms with Crippen molar-refractivity contribution in [2.45, 2.75) is 24.4 Å². The molecular formula is C8H8NaO12Sb. The Labute approximate surface area is 161 Å². The molecule has 0 rings (SSSR count). The summed E-state index contributed by atoms with van der Waals surface area (Å²) in [6.07, 6.45) is -2.81. The predicted octanol–water partition coefficient (Wildman–Crippen LogP) is -12.3. The second kappa shape index (κ2) is 12.0. The van der Waals surface area contributed by atoms with E-state index in [0.717, 1.165) is 0 Å². The van der Waals surface area contributed by atoms with E-state index in [-0.39, 0.29) is 54.0 Å². The zero-order valence-corrected chi connectivity index (χ0v) is 15.5. The Morgan fingerprint density at radius 1 is 0.682 bits per heavy atom. The SMILES string of the molecule is O=C([O-])CC(O)(O)C(=O)[O-].O=C([O-])CC(O)(O)C(=O)[O-].[Na+].[Sb+3]. The number of carbonyl (C=O) groups excluding carboxylic acids is 4. The molecule has 0 aromatic heterocycles. The van der Waals surface area contributed by atoms with Gasteiger partial charge < -0.3 is 60.0 Å². The quantitative estimate of drug-likeness (QED) is 0.222. The first kappa shape index (κ1) is 29.5. The van der Waals surface area contributed by atoms with Gasteiger partial charge in [-0.15, -0.1) is 0 Å². The maximum atomic E-state index is 9.65. The average molecular weight is 441 g/mol. The van der Waals surface area contributed by atoms with Crippen molar-refractivity contribution < 1.29 is 89.6 Å². The molecule has 0 aliphatic rings. The molecule has 0 atom stereocenters. The van der Waals surface area contributed by atoms with Crippen molar-refractivity contribution in [3.05, 3.63) is 0 Å². The zero-order valence-electron chi connectivity index (χ0n) is 10.9. The molecular weight excluding hydrogens is 433 g/mol. The third-order valence-corrected chi connectivity index (χ3v) is 1.44. The molecule has 0 spiro atoms. The molecule has 0 saturated carbocycles. The Bertz CT molecular complexity index is 368. The second-order valence-electron chi connectivity index (χ2n) is 3.31. The van der Waals surface area contributed by atoms with Gasteiger partial charge in [-0.1, -0.05) is 0 Å². The summed E-state index contributed by atoms with van der Waals surface area (Å²) in [7, 11) is 0. The summed E-state index contributed by atoms with van der Waals surface area (Å²) in [6.45, 7) is 0. The number of carboxylic acid groups (broad SMARTS) is 4. The Balaban J connectivity index is -0.000000135. The van der Waals surface area contributed by atoms with Gasteiger partial charge in [0.2, 0.25) is 11.6 Å². The van der Waals surface area contributed by atoms with Crippen LogP contribution in [-0.2, 0) is 19.2 Å². The van der Waals surface area contributed by atoms with Crippen molar-refractivity contribution in [2.75, 3.05) is 0 Å². The Kier molecular flexibility index (Phi) is 16.1. The molecule has 2 radical (unpaired) electrons. The van der Waals surface area contributed by atoms with Gasteiger partial charge >= 0.3 is 54.0 Å². The van der Waals surface area contributed by atoms with Crippen LogP contribution in [0.5, 0.6) is 0 Å². The van der Waals surface area contributed by atoms with Crippen LogP contribution in [0, 0.1) is 0 Å². The number of carboxylic acids is 4. The van der Waals surface area contributed by atoms with E-state index in [0.29, 0.717) is 0 Å². The number of hydrogen-bond donors (Lipinski definition) is 4. The van der Waals surface area contributed by atoms with E-state index in [1.54, 1.807) is 0 Å². The first-order valence-electron chi connectivity index (χ1n) is 4.44. The minimum atomic E-state index is -3.33. The van der Waals surface area contributed by atoms with E-state index in [4.69, 9.17) is 20.4 Å². The van der Waals surface area contributed by atoms with Crippen LogP contribution < -0.4 is 50.0 Å². The van der Waals surface area contributed by atoms with Gasteiger partial charge in [-0.05, 0) is 0 Å². The molecule has 4 N–H and O–H groups in total. The molecule has 14 heteroatoms. The van der Waals surface area contributed by atoms with E-state index in [1.807, 2.05) is 0 Å². The van der Waals surface area contributed by atoms with Crippen LogP contribution in [0.25, 0.3) is 0 Å². The molecule has 0 fully saturated rings. The second-order valence-corrected chi connectivity index (χ2v) is 3.31. The minimum Gasteiger partial charge on any atom is -0.550 e. The van der Waals surface area contributed by atoms with E-state index in [2.05, 4.69) is 0 Å². The van der Waals surface area contributed by atoms with Crippen LogP contribution in [-0.4, -0.2) is 80.3 Å². The minimum absolute atomic E-state index is 0. The molecule has 0 aliphatic carbocycles. The maximum absolute atomic E-state index is 9.65. The van der Waals surface area contributed by atoms with Crippen molar-refractivity contribution in [3.8, 4) is 0 Å². The van der Waals surface area contributed by atoms with Gasteiger partial charge in [0.1, 0.15) is 11.9 Å². The van der Waals surface area contributed by atoms with Crippen LogP contribution in [0.3, 0.4) is 0 Å². The molecule has 0 amide bonds. The van der Waals surface area contributed by atoms with Crippen molar-refractivity contribution >= 4 is 48.3 Å². The number of carbonyl (C=O) groups is 4. The fourth-order valence-corrected chi connectivity index (χ4v) is 0.547. The number of aliphatic hydroxyl groups is 4. The molecule has 0 saturated heterocycles. The average Bonchev–Trinajstić information content (AvgIpc) is 2.13. The molecule has 12 nitrogen and oxygen atoms in total. The fraction of sp³-hybridized carbons (Fsp3) is 0.500. The number of aliphatic carboxylic acids is 4. The summed E-state index contributed by atoms with van der Waals surface area (Å²) in [5, 5.41) is 71.4. The van der Waals surface area contributed by atoms with E-state index >= 15 is 0 Å². The monoisotopic (exact) mass is 440 g/mol. The van der Waals surface area contributed by atoms with Gasteiger partial charge in [-0.25, -0.2) is 0 Å². The van der Waals surface area contributed by atoms with E-state index in [9.17, 15) is 39.6 Å². The van der Waals surface area contributed by atoms with Gasteiger partial charge in [0.05, 0.1) is 0 Å². The smallest absolute Gasteiger partial charge is 0.550 e. The van der Waals surface area contributed by atoms with Gasteiger partial charge in [0.25, 0.3) is 0 Å². The fourth-order valence-electron chi connectivity index (χ4n) is 0.547. The molecule has 22 heavy (non-hydrogen) atoms. The Morgan fingerprint density at radius 3 is 0.909 bits per heavy atom. The topological polar surface area (TPSA) is 241 Å². The summed E-state index contributed by atoms with van der Waals surface area (Å²) in [4.78, 5) is 38.5. The van der Waals surface area contributed by atoms with Crippen molar-refractivity contribution in [2.24, 2.45) is 0 Å². The van der Waals surface area contributed by atoms with Gasteiger partial charge in [0.15, 0.2) is 0 Å². The summed E-state index contributed by atoms with van der Waals surface area (Å²) in [6, 6.07) is 0. The van der Waals surface area contributed by atoms with Crippen molar-refractivity contribution in [1.82, 2.24) is 0 Å². The first-order valence-corrected chi connectivity index (χ1v) is 4.44. The summed E-state index contributed by atoms with van der Waals surface area (Å²) in [5.41, 5.74) is 0. The number of hydrogen-bond acceptors (Lipinski definition) is 12. The molecule has 0 aliphatic heterocycles. The Morgan fingerprint density at radius 2 is 0.864 bits per heavy atom. The molecule has 0 heterocycles. The molecule has 0 aromatic rings. The summed E-state index contributed by atoms with van der Waals surface area (Å²) >= 11 is 0. The van der Waals surface area contributed by atoms with Crippen molar-refractivity contribution in [3.63, 3.8) is 0 Å².